The van der Waals surface area contributed by atoms with Crippen LogP contribution in [-0.2, 0) is 6.54 Å². The largest absolute Gasteiger partial charge is 0.384 e. The number of amides is 1. The number of likely N-dealkylation sites (tertiary alicyclic amines) is 1. The number of nitrogen functional groups attached to an aromatic ring is 1. The molecule has 126 valence electrons. The van der Waals surface area contributed by atoms with Gasteiger partial charge in [-0.1, -0.05) is 0 Å². The minimum absolute atomic E-state index is 0.00969. The van der Waals surface area contributed by atoms with Crippen molar-refractivity contribution in [3.63, 3.8) is 0 Å². The van der Waals surface area contributed by atoms with Crippen molar-refractivity contribution in [2.75, 3.05) is 25.9 Å². The molecule has 1 aliphatic rings. The monoisotopic (exact) mass is 325 g/mol. The average molecular weight is 325 g/mol. The van der Waals surface area contributed by atoms with Crippen molar-refractivity contribution in [2.45, 2.75) is 25.4 Å². The molecule has 0 bridgehead atoms. The third-order valence-corrected chi connectivity index (χ3v) is 4.52. The quantitative estimate of drug-likeness (QED) is 0.927. The van der Waals surface area contributed by atoms with Gasteiger partial charge in [0.05, 0.1) is 0 Å². The summed E-state index contributed by atoms with van der Waals surface area (Å²) in [5.41, 5.74) is 7.42. The molecular weight excluding hydrogens is 302 g/mol. The first-order valence-corrected chi connectivity index (χ1v) is 8.23. The predicted molar refractivity (Wildman–Crippen MR) is 93.3 cm³/mol. The van der Waals surface area contributed by atoms with E-state index in [1.165, 1.54) is 0 Å². The van der Waals surface area contributed by atoms with Crippen LogP contribution in [0.5, 0.6) is 0 Å². The first kappa shape index (κ1) is 16.4. The van der Waals surface area contributed by atoms with Crippen molar-refractivity contribution in [3.8, 4) is 0 Å². The molecule has 0 radical (unpaired) electrons. The topological polar surface area (TPSA) is 75.3 Å². The van der Waals surface area contributed by atoms with E-state index >= 15 is 0 Å². The van der Waals surface area contributed by atoms with Crippen molar-refractivity contribution in [1.29, 1.82) is 0 Å². The molecule has 1 aliphatic heterocycles. The lowest BCUT2D eigenvalue weighted by molar-refractivity contribution is 0.0569. The number of pyridine rings is 2. The Balaban J connectivity index is 1.84. The van der Waals surface area contributed by atoms with Crippen LogP contribution in [0.1, 0.15) is 28.8 Å². The average Bonchev–Trinajstić information content (AvgIpc) is 2.61. The number of hydrogen-bond acceptors (Lipinski definition) is 5. The van der Waals surface area contributed by atoms with Gasteiger partial charge in [0.25, 0.3) is 5.91 Å². The van der Waals surface area contributed by atoms with E-state index < -0.39 is 0 Å². The Morgan fingerprint density at radius 3 is 2.62 bits per heavy atom. The van der Waals surface area contributed by atoms with Gasteiger partial charge in [-0.05, 0) is 62.8 Å². The summed E-state index contributed by atoms with van der Waals surface area (Å²) in [7, 11) is 2.12. The Bertz CT molecular complexity index is 683. The van der Waals surface area contributed by atoms with Crippen LogP contribution < -0.4 is 5.73 Å². The molecule has 2 aromatic heterocycles. The summed E-state index contributed by atoms with van der Waals surface area (Å²) >= 11 is 0. The zero-order valence-electron chi connectivity index (χ0n) is 13.9. The first-order valence-electron chi connectivity index (χ1n) is 8.23. The molecular formula is C18H23N5O. The summed E-state index contributed by atoms with van der Waals surface area (Å²) < 4.78 is 0. The number of nitrogens with zero attached hydrogens (tertiary/aromatic N) is 4. The number of nitrogens with two attached hydrogens (primary N) is 1. The van der Waals surface area contributed by atoms with Crippen LogP contribution >= 0.6 is 0 Å². The van der Waals surface area contributed by atoms with Crippen molar-refractivity contribution < 1.29 is 4.79 Å². The summed E-state index contributed by atoms with van der Waals surface area (Å²) in [6, 6.07) is 7.52. The fraction of sp³-hybridized carbons (Fsp3) is 0.389. The van der Waals surface area contributed by atoms with Crippen molar-refractivity contribution >= 4 is 11.7 Å². The maximum Gasteiger partial charge on any atom is 0.254 e. The highest BCUT2D eigenvalue weighted by atomic mass is 16.2. The molecule has 24 heavy (non-hydrogen) atoms. The van der Waals surface area contributed by atoms with Gasteiger partial charge in [-0.2, -0.15) is 0 Å². The first-order chi connectivity index (χ1) is 11.6. The highest BCUT2D eigenvalue weighted by molar-refractivity contribution is 5.95. The number of rotatable bonds is 4. The van der Waals surface area contributed by atoms with E-state index in [0.29, 0.717) is 17.9 Å². The fourth-order valence-electron chi connectivity index (χ4n) is 3.11. The third-order valence-electron chi connectivity index (χ3n) is 4.52. The standard InChI is InChI=1S/C18H23N5O/c1-22-10-5-16(6-11-22)23(13-14-2-7-20-8-3-14)18(24)15-4-9-21-17(19)12-15/h2-4,7-9,12,16H,5-6,10-11,13H2,1H3,(H2,19,21). The van der Waals surface area contributed by atoms with E-state index in [1.54, 1.807) is 30.7 Å². The Hall–Kier alpha value is -2.47. The molecule has 0 aliphatic carbocycles. The number of anilines is 1. The van der Waals surface area contributed by atoms with E-state index in [0.717, 1.165) is 31.5 Å². The Kier molecular flexibility index (Phi) is 5.05. The van der Waals surface area contributed by atoms with Crippen molar-refractivity contribution in [2.24, 2.45) is 0 Å². The van der Waals surface area contributed by atoms with Crippen LogP contribution in [0, 0.1) is 0 Å². The maximum absolute atomic E-state index is 13.1. The molecule has 2 N–H and O–H groups in total. The second kappa shape index (κ2) is 7.40. The molecule has 0 spiro atoms. The summed E-state index contributed by atoms with van der Waals surface area (Å²) in [5, 5.41) is 0. The third kappa shape index (κ3) is 3.89. The SMILES string of the molecule is CN1CCC(N(Cc2ccncc2)C(=O)c2ccnc(N)c2)CC1. The predicted octanol–water partition coefficient (Wildman–Crippen LogP) is 1.80. The van der Waals surface area contributed by atoms with Gasteiger partial charge in [0, 0.05) is 36.7 Å². The summed E-state index contributed by atoms with van der Waals surface area (Å²) in [6.07, 6.45) is 7.07. The van der Waals surface area contributed by atoms with E-state index in [2.05, 4.69) is 21.9 Å². The number of piperidine rings is 1. The van der Waals surface area contributed by atoms with Gasteiger partial charge in [0.1, 0.15) is 5.82 Å². The van der Waals surface area contributed by atoms with Gasteiger partial charge < -0.3 is 15.5 Å². The molecule has 0 unspecified atom stereocenters. The Labute approximate surface area is 142 Å². The van der Waals surface area contributed by atoms with Crippen LogP contribution in [0.15, 0.2) is 42.9 Å². The van der Waals surface area contributed by atoms with Gasteiger partial charge in [0.2, 0.25) is 0 Å². The minimum atomic E-state index is 0.00969. The normalized spacial score (nSPS) is 16.0. The van der Waals surface area contributed by atoms with Gasteiger partial charge >= 0.3 is 0 Å². The molecule has 0 atom stereocenters. The fourth-order valence-corrected chi connectivity index (χ4v) is 3.11. The van der Waals surface area contributed by atoms with Gasteiger partial charge in [-0.15, -0.1) is 0 Å². The molecule has 3 rings (SSSR count). The lowest BCUT2D eigenvalue weighted by atomic mass is 10.0. The van der Waals surface area contributed by atoms with Crippen molar-refractivity contribution in [3.05, 3.63) is 54.0 Å². The highest BCUT2D eigenvalue weighted by Gasteiger charge is 2.28. The molecule has 3 heterocycles. The Morgan fingerprint density at radius 2 is 1.96 bits per heavy atom. The number of carbonyl (C=O) groups excluding carboxylic acids is 1. The number of aromatic nitrogens is 2. The van der Waals surface area contributed by atoms with E-state index in [9.17, 15) is 4.79 Å². The van der Waals surface area contributed by atoms with Gasteiger partial charge in [-0.3, -0.25) is 9.78 Å². The van der Waals surface area contributed by atoms with Crippen molar-refractivity contribution in [1.82, 2.24) is 19.8 Å². The molecule has 2 aromatic rings. The molecule has 0 saturated carbocycles. The zero-order chi connectivity index (χ0) is 16.9. The molecule has 0 aromatic carbocycles. The van der Waals surface area contributed by atoms with E-state index in [-0.39, 0.29) is 11.9 Å². The lowest BCUT2D eigenvalue weighted by Gasteiger charge is -2.37. The van der Waals surface area contributed by atoms with E-state index in [1.807, 2.05) is 17.0 Å². The lowest BCUT2D eigenvalue weighted by Crippen LogP contribution is -2.46. The summed E-state index contributed by atoms with van der Waals surface area (Å²) in [5.74, 6) is 0.378. The molecule has 6 nitrogen and oxygen atoms in total. The zero-order valence-corrected chi connectivity index (χ0v) is 13.9. The van der Waals surface area contributed by atoms with Crippen LogP contribution in [-0.4, -0.2) is 51.9 Å². The smallest absolute Gasteiger partial charge is 0.254 e. The van der Waals surface area contributed by atoms with Crippen LogP contribution in [0.2, 0.25) is 0 Å². The molecule has 6 heteroatoms. The van der Waals surface area contributed by atoms with Crippen LogP contribution in [0.25, 0.3) is 0 Å². The molecule has 1 fully saturated rings. The summed E-state index contributed by atoms with van der Waals surface area (Å²) in [4.78, 5) is 25.4. The van der Waals surface area contributed by atoms with Gasteiger partial charge in [-0.25, -0.2) is 4.98 Å². The van der Waals surface area contributed by atoms with Crippen LogP contribution in [0.3, 0.4) is 0 Å². The minimum Gasteiger partial charge on any atom is -0.384 e. The maximum atomic E-state index is 13.1. The second-order valence-electron chi connectivity index (χ2n) is 6.29. The summed E-state index contributed by atoms with van der Waals surface area (Å²) in [6.45, 7) is 2.59. The highest BCUT2D eigenvalue weighted by Crippen LogP contribution is 2.21. The molecule has 1 amide bonds. The second-order valence-corrected chi connectivity index (χ2v) is 6.29. The molecule has 1 saturated heterocycles. The van der Waals surface area contributed by atoms with E-state index in [4.69, 9.17) is 5.73 Å². The Morgan fingerprint density at radius 1 is 1.25 bits per heavy atom. The number of carbonyl (C=O) groups is 1. The number of hydrogen-bond donors (Lipinski definition) is 1. The van der Waals surface area contributed by atoms with Crippen LogP contribution in [0.4, 0.5) is 5.82 Å². The van der Waals surface area contributed by atoms with Gasteiger partial charge in [0.15, 0.2) is 0 Å².